The van der Waals surface area contributed by atoms with E-state index in [-0.39, 0.29) is 24.3 Å². The number of carbonyl (C=O) groups is 1. The van der Waals surface area contributed by atoms with Gasteiger partial charge in [-0.2, -0.15) is 5.10 Å². The molecule has 2 aromatic rings. The number of amides is 1. The summed E-state index contributed by atoms with van der Waals surface area (Å²) >= 11 is 0. The molecule has 28 heavy (non-hydrogen) atoms. The fourth-order valence-electron chi connectivity index (χ4n) is 3.11. The van der Waals surface area contributed by atoms with Crippen molar-refractivity contribution in [3.63, 3.8) is 0 Å². The number of hydrogen-bond donors (Lipinski definition) is 1. The minimum absolute atomic E-state index is 0.149. The minimum atomic E-state index is -0.310. The Hall–Kier alpha value is -2.77. The summed E-state index contributed by atoms with van der Waals surface area (Å²) < 4.78 is 23.6. The van der Waals surface area contributed by atoms with Crippen LogP contribution < -0.4 is 10.1 Å². The first-order valence-electron chi connectivity index (χ1n) is 9.11. The lowest BCUT2D eigenvalue weighted by atomic mass is 9.98. The number of rotatable bonds is 8. The van der Waals surface area contributed by atoms with Crippen LogP contribution >= 0.6 is 0 Å². The third-order valence-electron chi connectivity index (χ3n) is 4.58. The summed E-state index contributed by atoms with van der Waals surface area (Å²) in [6, 6.07) is 13.5. The largest absolute Gasteiger partial charge is 0.497 e. The van der Waals surface area contributed by atoms with Crippen molar-refractivity contribution in [2.24, 2.45) is 5.10 Å². The summed E-state index contributed by atoms with van der Waals surface area (Å²) in [4.78, 5) is 12.8. The van der Waals surface area contributed by atoms with Crippen LogP contribution in [0, 0.1) is 5.82 Å². The zero-order valence-corrected chi connectivity index (χ0v) is 16.0. The molecule has 3 rings (SSSR count). The van der Waals surface area contributed by atoms with Gasteiger partial charge in [-0.1, -0.05) is 24.3 Å². The second-order valence-corrected chi connectivity index (χ2v) is 6.46. The number of hydrogen-bond acceptors (Lipinski definition) is 5. The second kappa shape index (κ2) is 9.43. The van der Waals surface area contributed by atoms with Gasteiger partial charge in [-0.05, 0) is 29.8 Å². The first-order chi connectivity index (χ1) is 13.6. The molecular formula is C21H24FN3O3. The van der Waals surface area contributed by atoms with Crippen molar-refractivity contribution in [3.8, 4) is 5.75 Å². The fourth-order valence-corrected chi connectivity index (χ4v) is 3.11. The van der Waals surface area contributed by atoms with Gasteiger partial charge in [-0.15, -0.1) is 0 Å². The van der Waals surface area contributed by atoms with Crippen molar-refractivity contribution >= 4 is 11.6 Å². The summed E-state index contributed by atoms with van der Waals surface area (Å²) in [6.45, 7) is 1.24. The standard InChI is InChI=1S/C21H24FN3O3/c1-27-11-10-23-14-21(26)25-20(15-6-8-17(22)9-7-15)13-19(24-25)16-4-3-5-18(12-16)28-2/h3-9,12,20,23H,10-11,13-14H2,1-2H3. The Morgan fingerprint density at radius 2 is 2.04 bits per heavy atom. The summed E-state index contributed by atoms with van der Waals surface area (Å²) in [5.41, 5.74) is 2.53. The molecule has 1 atom stereocenters. The molecule has 1 aliphatic rings. The van der Waals surface area contributed by atoms with Crippen molar-refractivity contribution in [3.05, 3.63) is 65.5 Å². The summed E-state index contributed by atoms with van der Waals surface area (Å²) in [7, 11) is 3.22. The van der Waals surface area contributed by atoms with Gasteiger partial charge in [0, 0.05) is 25.6 Å². The van der Waals surface area contributed by atoms with Crippen LogP contribution in [0.15, 0.2) is 53.6 Å². The van der Waals surface area contributed by atoms with E-state index >= 15 is 0 Å². The Morgan fingerprint density at radius 3 is 2.75 bits per heavy atom. The lowest BCUT2D eigenvalue weighted by Gasteiger charge is -2.22. The van der Waals surface area contributed by atoms with Crippen LogP contribution in [0.3, 0.4) is 0 Å². The molecular weight excluding hydrogens is 361 g/mol. The summed E-state index contributed by atoms with van der Waals surface area (Å²) in [5.74, 6) is 0.266. The second-order valence-electron chi connectivity index (χ2n) is 6.46. The van der Waals surface area contributed by atoms with Gasteiger partial charge in [0.25, 0.3) is 5.91 Å². The average Bonchev–Trinajstić information content (AvgIpc) is 3.17. The van der Waals surface area contributed by atoms with Gasteiger partial charge in [-0.25, -0.2) is 9.40 Å². The molecule has 1 aliphatic heterocycles. The van der Waals surface area contributed by atoms with E-state index in [4.69, 9.17) is 9.47 Å². The topological polar surface area (TPSA) is 63.2 Å². The molecule has 0 fully saturated rings. The van der Waals surface area contributed by atoms with Gasteiger partial charge in [0.15, 0.2) is 0 Å². The highest BCUT2D eigenvalue weighted by molar-refractivity contribution is 6.03. The van der Waals surface area contributed by atoms with Crippen LogP contribution in [0.4, 0.5) is 4.39 Å². The van der Waals surface area contributed by atoms with E-state index < -0.39 is 0 Å². The van der Waals surface area contributed by atoms with Gasteiger partial charge in [0.1, 0.15) is 11.6 Å². The highest BCUT2D eigenvalue weighted by Crippen LogP contribution is 2.33. The van der Waals surface area contributed by atoms with Crippen LogP contribution in [-0.2, 0) is 9.53 Å². The van der Waals surface area contributed by atoms with Crippen molar-refractivity contribution in [2.75, 3.05) is 33.9 Å². The van der Waals surface area contributed by atoms with Crippen molar-refractivity contribution < 1.29 is 18.7 Å². The molecule has 2 aromatic carbocycles. The van der Waals surface area contributed by atoms with E-state index in [0.29, 0.717) is 19.6 Å². The van der Waals surface area contributed by atoms with Crippen molar-refractivity contribution in [1.82, 2.24) is 10.3 Å². The highest BCUT2D eigenvalue weighted by Gasteiger charge is 2.32. The van der Waals surface area contributed by atoms with E-state index in [1.165, 1.54) is 17.1 Å². The average molecular weight is 385 g/mol. The number of nitrogens with zero attached hydrogens (tertiary/aromatic N) is 2. The Morgan fingerprint density at radius 1 is 1.25 bits per heavy atom. The van der Waals surface area contributed by atoms with E-state index in [1.54, 1.807) is 26.4 Å². The SMILES string of the molecule is COCCNCC(=O)N1N=C(c2cccc(OC)c2)CC1c1ccc(F)cc1. The Bertz CT molecular complexity index is 839. The van der Waals surface area contributed by atoms with Gasteiger partial charge in [0.2, 0.25) is 0 Å². The Labute approximate surface area is 163 Å². The van der Waals surface area contributed by atoms with Crippen LogP contribution in [0.25, 0.3) is 0 Å². The monoisotopic (exact) mass is 385 g/mol. The van der Waals surface area contributed by atoms with Crippen molar-refractivity contribution in [1.29, 1.82) is 0 Å². The molecule has 7 heteroatoms. The van der Waals surface area contributed by atoms with E-state index in [0.717, 1.165) is 22.6 Å². The lowest BCUT2D eigenvalue weighted by molar-refractivity contribution is -0.132. The normalized spacial score (nSPS) is 16.2. The number of carbonyl (C=O) groups excluding carboxylic acids is 1. The molecule has 0 saturated carbocycles. The predicted molar refractivity (Wildman–Crippen MR) is 105 cm³/mol. The molecule has 1 unspecified atom stereocenters. The van der Waals surface area contributed by atoms with E-state index in [2.05, 4.69) is 10.4 Å². The van der Waals surface area contributed by atoms with Crippen LogP contribution in [0.5, 0.6) is 5.75 Å². The van der Waals surface area contributed by atoms with E-state index in [1.807, 2.05) is 24.3 Å². The highest BCUT2D eigenvalue weighted by atomic mass is 19.1. The van der Waals surface area contributed by atoms with Crippen molar-refractivity contribution in [2.45, 2.75) is 12.5 Å². The molecule has 0 saturated heterocycles. The Kier molecular flexibility index (Phi) is 6.73. The van der Waals surface area contributed by atoms with Crippen LogP contribution in [-0.4, -0.2) is 50.5 Å². The predicted octanol–water partition coefficient (Wildman–Crippen LogP) is 2.75. The quantitative estimate of drug-likeness (QED) is 0.710. The molecule has 1 amide bonds. The number of methoxy groups -OCH3 is 2. The smallest absolute Gasteiger partial charge is 0.257 e. The zero-order valence-electron chi connectivity index (χ0n) is 16.0. The maximum Gasteiger partial charge on any atom is 0.257 e. The number of hydrazone groups is 1. The number of ether oxygens (including phenoxy) is 2. The first-order valence-corrected chi connectivity index (χ1v) is 9.11. The third-order valence-corrected chi connectivity index (χ3v) is 4.58. The van der Waals surface area contributed by atoms with Gasteiger partial charge in [-0.3, -0.25) is 4.79 Å². The van der Waals surface area contributed by atoms with Crippen LogP contribution in [0.2, 0.25) is 0 Å². The third kappa shape index (κ3) is 4.74. The van der Waals surface area contributed by atoms with E-state index in [9.17, 15) is 9.18 Å². The molecule has 0 bridgehead atoms. The minimum Gasteiger partial charge on any atom is -0.497 e. The molecule has 1 heterocycles. The number of benzene rings is 2. The molecule has 6 nitrogen and oxygen atoms in total. The molecule has 0 radical (unpaired) electrons. The van der Waals surface area contributed by atoms with Gasteiger partial charge >= 0.3 is 0 Å². The number of nitrogens with one attached hydrogen (secondary N) is 1. The maximum atomic E-state index is 13.3. The molecule has 0 spiro atoms. The number of halogens is 1. The molecule has 1 N–H and O–H groups in total. The fraction of sp³-hybridized carbons (Fsp3) is 0.333. The Balaban J connectivity index is 1.84. The molecule has 0 aliphatic carbocycles. The lowest BCUT2D eigenvalue weighted by Crippen LogP contribution is -2.36. The first kappa shape index (κ1) is 20.0. The molecule has 148 valence electrons. The summed E-state index contributed by atoms with van der Waals surface area (Å²) in [6.07, 6.45) is 0.544. The van der Waals surface area contributed by atoms with Gasteiger partial charge in [0.05, 0.1) is 32.0 Å². The van der Waals surface area contributed by atoms with Gasteiger partial charge < -0.3 is 14.8 Å². The van der Waals surface area contributed by atoms with Crippen LogP contribution in [0.1, 0.15) is 23.6 Å². The zero-order chi connectivity index (χ0) is 19.9. The maximum absolute atomic E-state index is 13.3. The summed E-state index contributed by atoms with van der Waals surface area (Å²) in [5, 5.41) is 9.13. The molecule has 0 aromatic heterocycles.